The number of rotatable bonds is 2. The number of aromatic nitrogens is 3. The Morgan fingerprint density at radius 1 is 1.21 bits per heavy atom. The fourth-order valence-electron chi connectivity index (χ4n) is 1.89. The van der Waals surface area contributed by atoms with E-state index in [1.807, 2.05) is 31.2 Å². The Morgan fingerprint density at radius 3 is 2.84 bits per heavy atom. The van der Waals surface area contributed by atoms with Gasteiger partial charge in [0.2, 0.25) is 0 Å². The van der Waals surface area contributed by atoms with Crippen LogP contribution in [-0.2, 0) is 0 Å². The molecule has 0 radical (unpaired) electrons. The summed E-state index contributed by atoms with van der Waals surface area (Å²) >= 11 is 0. The lowest BCUT2D eigenvalue weighted by atomic mass is 10.1. The first-order valence-electron chi connectivity index (χ1n) is 5.84. The number of hydrogen-bond donors (Lipinski definition) is 0. The summed E-state index contributed by atoms with van der Waals surface area (Å²) in [6.07, 6.45) is 1.40. The Balaban J connectivity index is 2.17. The van der Waals surface area contributed by atoms with Gasteiger partial charge in [0.25, 0.3) is 0 Å². The van der Waals surface area contributed by atoms with Crippen molar-refractivity contribution in [3.05, 3.63) is 42.2 Å². The average Bonchev–Trinajstić information content (AvgIpc) is 2.85. The van der Waals surface area contributed by atoms with Crippen molar-refractivity contribution in [2.24, 2.45) is 0 Å². The zero-order valence-corrected chi connectivity index (χ0v) is 10.5. The number of carbonyl (C=O) groups excluding carboxylic acids is 1. The lowest BCUT2D eigenvalue weighted by molar-refractivity contribution is 0.100. The summed E-state index contributed by atoms with van der Waals surface area (Å²) < 4.78 is 5.27. The number of oxazole rings is 1. The first-order valence-corrected chi connectivity index (χ1v) is 5.84. The van der Waals surface area contributed by atoms with E-state index in [0.29, 0.717) is 11.3 Å². The first kappa shape index (κ1) is 11.5. The van der Waals surface area contributed by atoms with E-state index < -0.39 is 0 Å². The highest BCUT2D eigenvalue weighted by atomic mass is 16.3. The van der Waals surface area contributed by atoms with Crippen molar-refractivity contribution in [2.45, 2.75) is 13.8 Å². The van der Waals surface area contributed by atoms with Gasteiger partial charge in [-0.2, -0.15) is 0 Å². The molecule has 0 aliphatic rings. The van der Waals surface area contributed by atoms with E-state index in [1.165, 1.54) is 13.3 Å². The summed E-state index contributed by atoms with van der Waals surface area (Å²) in [6.45, 7) is 3.29. The molecule has 94 valence electrons. The van der Waals surface area contributed by atoms with Crippen LogP contribution in [0.4, 0.5) is 0 Å². The molecule has 3 aromatic rings. The highest BCUT2D eigenvalue weighted by Gasteiger charge is 2.09. The molecule has 2 aromatic heterocycles. The molecule has 0 aliphatic heterocycles. The summed E-state index contributed by atoms with van der Waals surface area (Å²) in [7, 11) is 0. The van der Waals surface area contributed by atoms with Gasteiger partial charge in [-0.3, -0.25) is 4.79 Å². The number of aryl methyl sites for hydroxylation is 1. The van der Waals surface area contributed by atoms with Gasteiger partial charge in [0.05, 0.1) is 5.69 Å². The quantitative estimate of drug-likeness (QED) is 0.657. The van der Waals surface area contributed by atoms with Crippen LogP contribution < -0.4 is 0 Å². The Kier molecular flexibility index (Phi) is 2.59. The maximum absolute atomic E-state index is 11.4. The minimum absolute atomic E-state index is 0.148. The Labute approximate surface area is 109 Å². The van der Waals surface area contributed by atoms with E-state index in [9.17, 15) is 4.79 Å². The van der Waals surface area contributed by atoms with Gasteiger partial charge in [-0.05, 0) is 25.1 Å². The van der Waals surface area contributed by atoms with Crippen molar-refractivity contribution in [3.8, 4) is 11.3 Å². The summed E-state index contributed by atoms with van der Waals surface area (Å²) in [5.74, 6) is 0.0818. The molecule has 3 rings (SSSR count). The van der Waals surface area contributed by atoms with Gasteiger partial charge in [0, 0.05) is 18.2 Å². The van der Waals surface area contributed by atoms with Crippen LogP contribution in [0.1, 0.15) is 23.2 Å². The molecule has 1 aromatic carbocycles. The summed E-state index contributed by atoms with van der Waals surface area (Å²) in [4.78, 5) is 23.8. The third kappa shape index (κ3) is 2.10. The first-order chi connectivity index (χ1) is 9.13. The van der Waals surface area contributed by atoms with Crippen molar-refractivity contribution in [3.63, 3.8) is 0 Å². The topological polar surface area (TPSA) is 68.9 Å². The SMILES string of the molecule is CC(=O)c1nc(C)cc(-c2ccc3ncoc3c2)n1. The molecule has 0 atom stereocenters. The Bertz CT molecular complexity index is 777. The largest absolute Gasteiger partial charge is 0.443 e. The smallest absolute Gasteiger partial charge is 0.196 e. The fraction of sp³-hybridized carbons (Fsp3) is 0.143. The third-order valence-corrected chi connectivity index (χ3v) is 2.80. The number of hydrogen-bond acceptors (Lipinski definition) is 5. The van der Waals surface area contributed by atoms with Crippen LogP contribution in [0.15, 0.2) is 35.1 Å². The predicted octanol–water partition coefficient (Wildman–Crippen LogP) is 2.80. The standard InChI is InChI=1S/C14H11N3O2/c1-8-5-12(17-14(16-8)9(2)18)10-3-4-11-13(6-10)19-7-15-11/h3-7H,1-2H3. The van der Waals surface area contributed by atoms with Crippen LogP contribution in [0.5, 0.6) is 0 Å². The summed E-state index contributed by atoms with van der Waals surface area (Å²) in [5, 5.41) is 0. The van der Waals surface area contributed by atoms with E-state index in [-0.39, 0.29) is 11.6 Å². The predicted molar refractivity (Wildman–Crippen MR) is 69.8 cm³/mol. The van der Waals surface area contributed by atoms with E-state index >= 15 is 0 Å². The zero-order valence-electron chi connectivity index (χ0n) is 10.5. The second kappa shape index (κ2) is 4.28. The molecule has 0 amide bonds. The number of carbonyl (C=O) groups is 1. The third-order valence-electron chi connectivity index (χ3n) is 2.80. The molecular formula is C14H11N3O2. The Hall–Kier alpha value is -2.56. The highest BCUT2D eigenvalue weighted by molar-refractivity contribution is 5.91. The molecular weight excluding hydrogens is 242 g/mol. The van der Waals surface area contributed by atoms with Crippen LogP contribution in [0.25, 0.3) is 22.4 Å². The second-order valence-electron chi connectivity index (χ2n) is 4.31. The van der Waals surface area contributed by atoms with Crippen LogP contribution >= 0.6 is 0 Å². The van der Waals surface area contributed by atoms with E-state index in [0.717, 1.165) is 16.8 Å². The monoisotopic (exact) mass is 253 g/mol. The molecule has 0 N–H and O–H groups in total. The molecule has 0 bridgehead atoms. The van der Waals surface area contributed by atoms with Gasteiger partial charge < -0.3 is 4.42 Å². The number of nitrogens with zero attached hydrogens (tertiary/aromatic N) is 3. The second-order valence-corrected chi connectivity index (χ2v) is 4.31. The number of fused-ring (bicyclic) bond motifs is 1. The molecule has 0 unspecified atom stereocenters. The minimum atomic E-state index is -0.148. The molecule has 0 fully saturated rings. The van der Waals surface area contributed by atoms with Crippen LogP contribution in [0.3, 0.4) is 0 Å². The van der Waals surface area contributed by atoms with Crippen LogP contribution in [-0.4, -0.2) is 20.7 Å². The van der Waals surface area contributed by atoms with Crippen molar-refractivity contribution < 1.29 is 9.21 Å². The number of ketones is 1. The van der Waals surface area contributed by atoms with Crippen molar-refractivity contribution in [1.82, 2.24) is 15.0 Å². The molecule has 5 nitrogen and oxygen atoms in total. The molecule has 5 heteroatoms. The van der Waals surface area contributed by atoms with Gasteiger partial charge in [0.15, 0.2) is 23.6 Å². The lowest BCUT2D eigenvalue weighted by Crippen LogP contribution is -2.03. The molecule has 0 saturated heterocycles. The maximum atomic E-state index is 11.4. The molecule has 2 heterocycles. The Morgan fingerprint density at radius 2 is 2.05 bits per heavy atom. The lowest BCUT2D eigenvalue weighted by Gasteiger charge is -2.04. The molecule has 0 saturated carbocycles. The van der Waals surface area contributed by atoms with Crippen molar-refractivity contribution in [1.29, 1.82) is 0 Å². The summed E-state index contributed by atoms with van der Waals surface area (Å²) in [6, 6.07) is 7.45. The van der Waals surface area contributed by atoms with E-state index in [2.05, 4.69) is 15.0 Å². The molecule has 19 heavy (non-hydrogen) atoms. The fourth-order valence-corrected chi connectivity index (χ4v) is 1.89. The van der Waals surface area contributed by atoms with Crippen molar-refractivity contribution in [2.75, 3.05) is 0 Å². The minimum Gasteiger partial charge on any atom is -0.443 e. The van der Waals surface area contributed by atoms with Gasteiger partial charge in [-0.25, -0.2) is 15.0 Å². The van der Waals surface area contributed by atoms with Gasteiger partial charge in [0.1, 0.15) is 5.52 Å². The van der Waals surface area contributed by atoms with E-state index in [4.69, 9.17) is 4.42 Å². The van der Waals surface area contributed by atoms with Crippen LogP contribution in [0.2, 0.25) is 0 Å². The summed E-state index contributed by atoms with van der Waals surface area (Å²) in [5.41, 5.74) is 3.82. The highest BCUT2D eigenvalue weighted by Crippen LogP contribution is 2.23. The van der Waals surface area contributed by atoms with Crippen LogP contribution in [0, 0.1) is 6.92 Å². The van der Waals surface area contributed by atoms with Gasteiger partial charge >= 0.3 is 0 Å². The number of Topliss-reactive ketones (excluding diaryl/α,β-unsaturated/α-hetero) is 1. The molecule has 0 aliphatic carbocycles. The van der Waals surface area contributed by atoms with Gasteiger partial charge in [-0.1, -0.05) is 6.07 Å². The van der Waals surface area contributed by atoms with Gasteiger partial charge in [-0.15, -0.1) is 0 Å². The average molecular weight is 253 g/mol. The number of benzene rings is 1. The zero-order chi connectivity index (χ0) is 13.4. The normalized spacial score (nSPS) is 10.8. The van der Waals surface area contributed by atoms with Crippen molar-refractivity contribution >= 4 is 16.9 Å². The van der Waals surface area contributed by atoms with E-state index in [1.54, 1.807) is 0 Å². The maximum Gasteiger partial charge on any atom is 0.196 e. The molecule has 0 spiro atoms.